The quantitative estimate of drug-likeness (QED) is 0.0320. The predicted molar refractivity (Wildman–Crippen MR) is 380 cm³/mol. The highest BCUT2D eigenvalue weighted by atomic mass is 16.5. The molecule has 1 amide bonds. The average molecular weight is 1210 g/mol. The Balaban J connectivity index is 3.34. The van der Waals surface area contributed by atoms with Crippen LogP contribution in [0.2, 0.25) is 0 Å². The molecule has 0 saturated carbocycles. The maximum absolute atomic E-state index is 12.6. The van der Waals surface area contributed by atoms with Crippen molar-refractivity contribution in [1.29, 1.82) is 0 Å². The highest BCUT2D eigenvalue weighted by Gasteiger charge is 2.20. The summed E-state index contributed by atoms with van der Waals surface area (Å²) in [5.74, 6) is -0.00343. The number of aliphatic hydroxyl groups is 2. The van der Waals surface area contributed by atoms with Crippen LogP contribution in [0.25, 0.3) is 0 Å². The van der Waals surface area contributed by atoms with Crippen molar-refractivity contribution in [2.45, 2.75) is 475 Å². The van der Waals surface area contributed by atoms with Crippen LogP contribution in [0.3, 0.4) is 0 Å². The summed E-state index contributed by atoms with van der Waals surface area (Å²) in [5.41, 5.74) is 0. The second-order valence-electron chi connectivity index (χ2n) is 27.8. The molecule has 0 radical (unpaired) electrons. The lowest BCUT2D eigenvalue weighted by molar-refractivity contribution is -0.143. The van der Waals surface area contributed by atoms with Crippen molar-refractivity contribution < 1.29 is 24.5 Å². The number of hydrogen-bond donors (Lipinski definition) is 3. The largest absolute Gasteiger partial charge is 0.466 e. The average Bonchev–Trinajstić information content (AvgIpc) is 3.59. The molecule has 2 unspecified atom stereocenters. The van der Waals surface area contributed by atoms with Gasteiger partial charge in [0.05, 0.1) is 25.4 Å². The Kier molecular flexibility index (Phi) is 74.8. The molecule has 0 aromatic rings. The molecular formula is C80H157NO5. The monoisotopic (exact) mass is 1210 g/mol. The predicted octanol–water partition coefficient (Wildman–Crippen LogP) is 26.3. The van der Waals surface area contributed by atoms with Crippen LogP contribution < -0.4 is 5.32 Å². The maximum atomic E-state index is 12.6. The Labute approximate surface area is 539 Å². The van der Waals surface area contributed by atoms with E-state index in [-0.39, 0.29) is 18.5 Å². The summed E-state index contributed by atoms with van der Waals surface area (Å²) in [6.07, 6.45) is 96.0. The van der Waals surface area contributed by atoms with Crippen LogP contribution in [0, 0.1) is 0 Å². The Morgan fingerprint density at radius 1 is 0.314 bits per heavy atom. The first-order valence-electron chi connectivity index (χ1n) is 39.9. The number of nitrogens with one attached hydrogen (secondary N) is 1. The molecule has 0 heterocycles. The fourth-order valence-corrected chi connectivity index (χ4v) is 13.0. The summed E-state index contributed by atoms with van der Waals surface area (Å²) >= 11 is 0. The number of unbranched alkanes of at least 4 members (excludes halogenated alkanes) is 63. The number of carbonyl (C=O) groups is 2. The summed E-state index contributed by atoms with van der Waals surface area (Å²) in [4.78, 5) is 24.6. The van der Waals surface area contributed by atoms with Gasteiger partial charge < -0.3 is 20.3 Å². The van der Waals surface area contributed by atoms with Crippen LogP contribution in [0.1, 0.15) is 463 Å². The SMILES string of the molecule is CCCCCCCCCCCCCCCCCCCCCCCCC(O)C(CO)NC(=O)CCCCCCCCCCCCCCCCCCC/C=C\CCCCCCCCCCCCCCCCOC(=O)CCCCCCCCCCCCCC. The minimum Gasteiger partial charge on any atom is -0.466 e. The smallest absolute Gasteiger partial charge is 0.305 e. The molecule has 0 aromatic carbocycles. The van der Waals surface area contributed by atoms with Crippen LogP contribution >= 0.6 is 0 Å². The summed E-state index contributed by atoms with van der Waals surface area (Å²) in [6.45, 7) is 5.01. The lowest BCUT2D eigenvalue weighted by atomic mass is 10.0. The highest BCUT2D eigenvalue weighted by molar-refractivity contribution is 5.76. The van der Waals surface area contributed by atoms with E-state index in [2.05, 4.69) is 31.3 Å². The molecule has 512 valence electrons. The van der Waals surface area contributed by atoms with E-state index >= 15 is 0 Å². The lowest BCUT2D eigenvalue weighted by Gasteiger charge is -2.22. The van der Waals surface area contributed by atoms with E-state index in [1.165, 1.54) is 392 Å². The van der Waals surface area contributed by atoms with Crippen molar-refractivity contribution >= 4 is 11.9 Å². The maximum Gasteiger partial charge on any atom is 0.305 e. The molecule has 86 heavy (non-hydrogen) atoms. The summed E-state index contributed by atoms with van der Waals surface area (Å²) < 4.78 is 5.49. The Morgan fingerprint density at radius 3 is 0.826 bits per heavy atom. The molecule has 6 nitrogen and oxygen atoms in total. The van der Waals surface area contributed by atoms with Crippen molar-refractivity contribution in [3.63, 3.8) is 0 Å². The number of allylic oxidation sites excluding steroid dienone is 2. The minimum absolute atomic E-state index is 0.0221. The van der Waals surface area contributed by atoms with E-state index in [4.69, 9.17) is 4.74 Å². The summed E-state index contributed by atoms with van der Waals surface area (Å²) in [6, 6.07) is -0.539. The molecule has 0 aliphatic carbocycles. The van der Waals surface area contributed by atoms with E-state index in [1.54, 1.807) is 0 Å². The van der Waals surface area contributed by atoms with Gasteiger partial charge in [-0.15, -0.1) is 0 Å². The number of aliphatic hydroxyl groups excluding tert-OH is 2. The van der Waals surface area contributed by atoms with Gasteiger partial charge in [0.2, 0.25) is 5.91 Å². The fraction of sp³-hybridized carbons (Fsp3) is 0.950. The number of ether oxygens (including phenoxy) is 1. The number of hydrogen-bond acceptors (Lipinski definition) is 5. The zero-order chi connectivity index (χ0) is 62.0. The second kappa shape index (κ2) is 76.1. The zero-order valence-corrected chi connectivity index (χ0v) is 58.8. The first-order valence-corrected chi connectivity index (χ1v) is 39.9. The van der Waals surface area contributed by atoms with Gasteiger partial charge in [0.1, 0.15) is 0 Å². The van der Waals surface area contributed by atoms with Gasteiger partial charge in [-0.05, 0) is 51.4 Å². The molecule has 0 rings (SSSR count). The Morgan fingerprint density at radius 2 is 0.547 bits per heavy atom. The van der Waals surface area contributed by atoms with E-state index in [0.29, 0.717) is 25.9 Å². The molecule has 3 N–H and O–H groups in total. The third-order valence-corrected chi connectivity index (χ3v) is 19.1. The first-order chi connectivity index (χ1) is 42.5. The normalized spacial score (nSPS) is 12.5. The van der Waals surface area contributed by atoms with E-state index in [9.17, 15) is 19.8 Å². The summed E-state index contributed by atoms with van der Waals surface area (Å²) in [7, 11) is 0. The van der Waals surface area contributed by atoms with Gasteiger partial charge >= 0.3 is 5.97 Å². The molecule has 0 bridgehead atoms. The summed E-state index contributed by atoms with van der Waals surface area (Å²) in [5, 5.41) is 23.5. The third kappa shape index (κ3) is 71.7. The lowest BCUT2D eigenvalue weighted by Crippen LogP contribution is -2.45. The second-order valence-corrected chi connectivity index (χ2v) is 27.8. The molecular weight excluding hydrogens is 1050 g/mol. The molecule has 0 saturated heterocycles. The Bertz CT molecular complexity index is 1300. The van der Waals surface area contributed by atoms with Crippen LogP contribution in [0.4, 0.5) is 0 Å². The number of esters is 1. The molecule has 0 fully saturated rings. The molecule has 0 aromatic heterocycles. The fourth-order valence-electron chi connectivity index (χ4n) is 13.0. The van der Waals surface area contributed by atoms with E-state index in [1.807, 2.05) is 0 Å². The van der Waals surface area contributed by atoms with Crippen LogP contribution in [0.15, 0.2) is 12.2 Å². The Hall–Kier alpha value is -1.40. The van der Waals surface area contributed by atoms with Gasteiger partial charge in [0.15, 0.2) is 0 Å². The van der Waals surface area contributed by atoms with Crippen molar-refractivity contribution in [2.24, 2.45) is 0 Å². The van der Waals surface area contributed by atoms with Gasteiger partial charge in [-0.3, -0.25) is 9.59 Å². The molecule has 6 heteroatoms. The highest BCUT2D eigenvalue weighted by Crippen LogP contribution is 2.20. The van der Waals surface area contributed by atoms with Gasteiger partial charge in [-0.25, -0.2) is 0 Å². The molecule has 0 aliphatic rings. The first kappa shape index (κ1) is 84.6. The van der Waals surface area contributed by atoms with Crippen LogP contribution in [0.5, 0.6) is 0 Å². The minimum atomic E-state index is -0.662. The standard InChI is InChI=1S/C80H157NO5/c1-3-5-7-9-11-13-15-17-18-19-20-21-37-40-43-46-49-52-56-60-64-68-72-78(83)77(76-82)81-79(84)73-69-65-61-57-53-50-47-44-41-38-35-33-31-29-27-25-23-22-24-26-28-30-32-34-36-39-42-45-48-51-55-59-63-67-71-75-86-80(85)74-70-66-62-58-54-16-14-12-10-8-6-4-2/h24,26,77-78,82-83H,3-23,25,27-76H2,1-2H3,(H,81,84)/b26-24-. The van der Waals surface area contributed by atoms with Gasteiger partial charge in [-0.1, -0.05) is 411 Å². The van der Waals surface area contributed by atoms with Crippen LogP contribution in [-0.2, 0) is 14.3 Å². The zero-order valence-electron chi connectivity index (χ0n) is 58.8. The van der Waals surface area contributed by atoms with Gasteiger partial charge in [0.25, 0.3) is 0 Å². The number of carbonyl (C=O) groups excluding carboxylic acids is 2. The van der Waals surface area contributed by atoms with Gasteiger partial charge in [-0.2, -0.15) is 0 Å². The number of amides is 1. The third-order valence-electron chi connectivity index (χ3n) is 19.1. The number of rotatable bonds is 76. The van der Waals surface area contributed by atoms with Crippen molar-refractivity contribution in [2.75, 3.05) is 13.2 Å². The van der Waals surface area contributed by atoms with E-state index < -0.39 is 12.1 Å². The topological polar surface area (TPSA) is 95.9 Å². The molecule has 0 aliphatic heterocycles. The van der Waals surface area contributed by atoms with Crippen molar-refractivity contribution in [3.05, 3.63) is 12.2 Å². The van der Waals surface area contributed by atoms with Crippen molar-refractivity contribution in [1.82, 2.24) is 5.32 Å². The molecule has 2 atom stereocenters. The van der Waals surface area contributed by atoms with Crippen LogP contribution in [-0.4, -0.2) is 47.4 Å². The van der Waals surface area contributed by atoms with Gasteiger partial charge in [0, 0.05) is 12.8 Å². The van der Waals surface area contributed by atoms with E-state index in [0.717, 1.165) is 38.5 Å². The molecule has 0 spiro atoms. The van der Waals surface area contributed by atoms with Crippen molar-refractivity contribution in [3.8, 4) is 0 Å².